The SMILES string of the molecule is Brc1cc2cccnc2c2ncccc12.Brc1cc2cccnc2c2ncccc12.O=[N+]([O-])[O-].O=[N+]([O-])[O-].[Ru+2]. The van der Waals surface area contributed by atoms with Crippen molar-refractivity contribution in [2.45, 2.75) is 0 Å². The van der Waals surface area contributed by atoms with Crippen LogP contribution >= 0.6 is 31.9 Å². The van der Waals surface area contributed by atoms with Gasteiger partial charge in [0.2, 0.25) is 0 Å². The molecule has 0 aliphatic carbocycles. The molecule has 0 bridgehead atoms. The zero-order chi connectivity index (χ0) is 27.7. The largest absolute Gasteiger partial charge is 2.00 e. The van der Waals surface area contributed by atoms with E-state index in [0.717, 1.165) is 52.6 Å². The van der Waals surface area contributed by atoms with E-state index in [1.165, 1.54) is 0 Å². The van der Waals surface area contributed by atoms with Crippen molar-refractivity contribution in [2.75, 3.05) is 0 Å². The van der Waals surface area contributed by atoms with Crippen LogP contribution in [0, 0.1) is 30.6 Å². The van der Waals surface area contributed by atoms with E-state index in [4.69, 9.17) is 30.6 Å². The van der Waals surface area contributed by atoms with Crippen LogP contribution in [0.1, 0.15) is 0 Å². The minimum absolute atomic E-state index is 0. The van der Waals surface area contributed by atoms with Gasteiger partial charge in [-0.1, -0.05) is 56.1 Å². The quantitative estimate of drug-likeness (QED) is 0.0710. The van der Waals surface area contributed by atoms with Crippen molar-refractivity contribution in [1.29, 1.82) is 0 Å². The number of rotatable bonds is 0. The molecule has 198 valence electrons. The second-order valence-electron chi connectivity index (χ2n) is 7.11. The van der Waals surface area contributed by atoms with Crippen LogP contribution in [-0.4, -0.2) is 30.1 Å². The maximum absolute atomic E-state index is 8.25. The van der Waals surface area contributed by atoms with Crippen molar-refractivity contribution in [3.05, 3.63) is 125 Å². The predicted molar refractivity (Wildman–Crippen MR) is 150 cm³/mol. The van der Waals surface area contributed by atoms with E-state index in [2.05, 4.69) is 63.9 Å². The van der Waals surface area contributed by atoms with E-state index >= 15 is 0 Å². The topological polar surface area (TPSA) is 184 Å². The molecule has 0 amide bonds. The van der Waals surface area contributed by atoms with Crippen molar-refractivity contribution in [3.63, 3.8) is 0 Å². The van der Waals surface area contributed by atoms with Gasteiger partial charge in [0, 0.05) is 55.3 Å². The van der Waals surface area contributed by atoms with Crippen LogP contribution in [-0.2, 0) is 19.5 Å². The maximum Gasteiger partial charge on any atom is 2.00 e. The third-order valence-electron chi connectivity index (χ3n) is 4.82. The van der Waals surface area contributed by atoms with Gasteiger partial charge in [0.1, 0.15) is 0 Å². The van der Waals surface area contributed by atoms with Crippen LogP contribution in [0.3, 0.4) is 0 Å². The Bertz CT molecular complexity index is 1620. The number of aromatic nitrogens is 4. The molecule has 0 radical (unpaired) electrons. The first-order valence-corrected chi connectivity index (χ1v) is 12.0. The molecule has 4 heterocycles. The Hall–Kier alpha value is -3.94. The van der Waals surface area contributed by atoms with Crippen molar-refractivity contribution >= 4 is 75.5 Å². The van der Waals surface area contributed by atoms with E-state index in [0.29, 0.717) is 0 Å². The summed E-state index contributed by atoms with van der Waals surface area (Å²) < 4.78 is 2.12. The molecule has 0 saturated heterocycles. The Balaban J connectivity index is 0.000000212. The van der Waals surface area contributed by atoms with Crippen molar-refractivity contribution in [1.82, 2.24) is 19.9 Å². The molecule has 0 unspecified atom stereocenters. The number of pyridine rings is 4. The molecule has 6 rings (SSSR count). The first-order chi connectivity index (χ1) is 18.2. The summed E-state index contributed by atoms with van der Waals surface area (Å²) in [6.45, 7) is 0. The first-order valence-electron chi connectivity index (χ1n) is 10.4. The maximum atomic E-state index is 8.25. The number of halogens is 2. The molecule has 0 aliphatic rings. The van der Waals surface area contributed by atoms with Crippen molar-refractivity contribution in [2.24, 2.45) is 0 Å². The van der Waals surface area contributed by atoms with Gasteiger partial charge in [-0.25, -0.2) is 0 Å². The average molecular weight is 743 g/mol. The summed E-state index contributed by atoms with van der Waals surface area (Å²) in [6, 6.07) is 20.1. The molecule has 15 heteroatoms. The fourth-order valence-electron chi connectivity index (χ4n) is 3.47. The molecule has 0 aliphatic heterocycles. The Morgan fingerprint density at radius 2 is 0.821 bits per heavy atom. The zero-order valence-corrected chi connectivity index (χ0v) is 24.2. The van der Waals surface area contributed by atoms with Gasteiger partial charge in [0.05, 0.1) is 32.2 Å². The summed E-state index contributed by atoms with van der Waals surface area (Å²) >= 11 is 7.10. The van der Waals surface area contributed by atoms with Crippen LogP contribution in [0.4, 0.5) is 0 Å². The van der Waals surface area contributed by atoms with Crippen LogP contribution in [0.5, 0.6) is 0 Å². The molecule has 0 N–H and O–H groups in total. The summed E-state index contributed by atoms with van der Waals surface area (Å²) in [5.74, 6) is 0. The van der Waals surface area contributed by atoms with Crippen molar-refractivity contribution in [3.8, 4) is 0 Å². The molecule has 4 aromatic heterocycles. The van der Waals surface area contributed by atoms with Gasteiger partial charge in [0.15, 0.2) is 0 Å². The van der Waals surface area contributed by atoms with Crippen LogP contribution in [0.2, 0.25) is 0 Å². The third-order valence-corrected chi connectivity index (χ3v) is 6.13. The summed E-state index contributed by atoms with van der Waals surface area (Å²) in [5.41, 5.74) is 3.80. The average Bonchev–Trinajstić information content (AvgIpc) is 2.89. The number of fused-ring (bicyclic) bond motifs is 6. The molecule has 39 heavy (non-hydrogen) atoms. The normalized spacial score (nSPS) is 9.69. The zero-order valence-electron chi connectivity index (χ0n) is 19.3. The molecule has 2 aromatic carbocycles. The molecule has 12 nitrogen and oxygen atoms in total. The van der Waals surface area contributed by atoms with Gasteiger partial charge in [0.25, 0.3) is 0 Å². The summed E-state index contributed by atoms with van der Waals surface area (Å²) in [5, 5.41) is 33.9. The summed E-state index contributed by atoms with van der Waals surface area (Å²) in [7, 11) is 0. The summed E-state index contributed by atoms with van der Waals surface area (Å²) in [4.78, 5) is 34.0. The van der Waals surface area contributed by atoms with Crippen LogP contribution in [0.15, 0.2) is 94.4 Å². The van der Waals surface area contributed by atoms with E-state index in [-0.39, 0.29) is 19.5 Å². The molecule has 0 atom stereocenters. The number of benzene rings is 2. The monoisotopic (exact) mass is 742 g/mol. The van der Waals surface area contributed by atoms with Gasteiger partial charge >= 0.3 is 19.5 Å². The van der Waals surface area contributed by atoms with E-state index in [1.807, 2.05) is 48.5 Å². The van der Waals surface area contributed by atoms with Gasteiger partial charge in [-0.05, 0) is 36.4 Å². The predicted octanol–water partition coefficient (Wildman–Crippen LogP) is 6.61. The minimum atomic E-state index is -1.75. The molecule has 0 saturated carbocycles. The molecule has 0 spiro atoms. The molecular weight excluding hydrogens is 729 g/mol. The van der Waals surface area contributed by atoms with Gasteiger partial charge in [-0.15, -0.1) is 0 Å². The van der Waals surface area contributed by atoms with Crippen LogP contribution < -0.4 is 0 Å². The molecule has 0 fully saturated rings. The van der Waals surface area contributed by atoms with E-state index in [1.54, 1.807) is 24.8 Å². The number of nitrogens with zero attached hydrogens (tertiary/aromatic N) is 6. The molecule has 6 aromatic rings. The third kappa shape index (κ3) is 8.53. The Labute approximate surface area is 249 Å². The van der Waals surface area contributed by atoms with Crippen molar-refractivity contribution < 1.29 is 29.7 Å². The van der Waals surface area contributed by atoms with E-state index < -0.39 is 10.2 Å². The van der Waals surface area contributed by atoms with Gasteiger partial charge < -0.3 is 30.6 Å². The Kier molecular flexibility index (Phi) is 11.9. The second kappa shape index (κ2) is 14.9. The standard InChI is InChI=1S/2C12H7BrN2.2NO3.Ru/c2*13-10-7-8-3-1-5-14-11(8)12-9(10)4-2-6-15-12;2*2-1(3)4;/h2*1-7H;;;/q;;2*-1;+2. The second-order valence-corrected chi connectivity index (χ2v) is 8.82. The number of hydrogen-bond acceptors (Lipinski definition) is 10. The fourth-order valence-corrected chi connectivity index (χ4v) is 4.60. The first kappa shape index (κ1) is 31.3. The van der Waals surface area contributed by atoms with E-state index in [9.17, 15) is 0 Å². The minimum Gasteiger partial charge on any atom is -0.356 e. The van der Waals surface area contributed by atoms with Gasteiger partial charge in [-0.3, -0.25) is 19.9 Å². The Morgan fingerprint density at radius 1 is 0.538 bits per heavy atom. The fraction of sp³-hybridized carbons (Fsp3) is 0. The Morgan fingerprint density at radius 3 is 1.15 bits per heavy atom. The molecular formula is C24H14Br2N6O6Ru. The smallest absolute Gasteiger partial charge is 0.356 e. The number of hydrogen-bond donors (Lipinski definition) is 0. The van der Waals surface area contributed by atoms with Gasteiger partial charge in [-0.2, -0.15) is 0 Å². The van der Waals surface area contributed by atoms with Crippen LogP contribution in [0.25, 0.3) is 43.6 Å². The summed E-state index contributed by atoms with van der Waals surface area (Å²) in [6.07, 6.45) is 7.18.